The van der Waals surface area contributed by atoms with E-state index in [0.29, 0.717) is 37.4 Å². The second-order valence-electron chi connectivity index (χ2n) is 4.78. The molecule has 0 aliphatic heterocycles. The third kappa shape index (κ3) is 9.25. The quantitative estimate of drug-likeness (QED) is 0.414. The summed E-state index contributed by atoms with van der Waals surface area (Å²) in [6.07, 6.45) is 2.22. The SMILES string of the molecule is CCCC(=O)OCCSCCC(C)C(F)(F)CCC. The smallest absolute Gasteiger partial charge is 0.305 e. The lowest BCUT2D eigenvalue weighted by Crippen LogP contribution is -2.26. The summed E-state index contributed by atoms with van der Waals surface area (Å²) < 4.78 is 32.0. The Morgan fingerprint density at radius 2 is 1.95 bits per heavy atom. The Hall–Kier alpha value is -0.320. The molecule has 0 amide bonds. The molecule has 0 aliphatic carbocycles. The zero-order valence-corrected chi connectivity index (χ0v) is 13.0. The van der Waals surface area contributed by atoms with E-state index in [1.54, 1.807) is 25.6 Å². The van der Waals surface area contributed by atoms with Crippen LogP contribution in [0.5, 0.6) is 0 Å². The summed E-state index contributed by atoms with van der Waals surface area (Å²) in [4.78, 5) is 11.1. The van der Waals surface area contributed by atoms with Gasteiger partial charge < -0.3 is 4.74 Å². The summed E-state index contributed by atoms with van der Waals surface area (Å²) in [5, 5.41) is 0. The Morgan fingerprint density at radius 1 is 1.26 bits per heavy atom. The number of esters is 1. The molecule has 0 rings (SSSR count). The predicted octanol–water partition coefficient (Wildman–Crippen LogP) is 4.52. The van der Waals surface area contributed by atoms with E-state index in [2.05, 4.69) is 0 Å². The van der Waals surface area contributed by atoms with Crippen molar-refractivity contribution in [3.8, 4) is 0 Å². The molecule has 114 valence electrons. The first-order valence-electron chi connectivity index (χ1n) is 7.05. The highest BCUT2D eigenvalue weighted by molar-refractivity contribution is 7.99. The Bertz CT molecular complexity index is 248. The van der Waals surface area contributed by atoms with Crippen molar-refractivity contribution in [2.24, 2.45) is 5.92 Å². The predicted molar refractivity (Wildman–Crippen MR) is 76.8 cm³/mol. The number of ether oxygens (including phenoxy) is 1. The van der Waals surface area contributed by atoms with Crippen LogP contribution in [0.4, 0.5) is 8.78 Å². The normalized spacial score (nSPS) is 13.3. The van der Waals surface area contributed by atoms with E-state index in [0.717, 1.165) is 6.42 Å². The lowest BCUT2D eigenvalue weighted by atomic mass is 9.97. The molecule has 0 aromatic heterocycles. The van der Waals surface area contributed by atoms with Crippen molar-refractivity contribution in [1.82, 2.24) is 0 Å². The fourth-order valence-electron chi connectivity index (χ4n) is 1.64. The zero-order valence-electron chi connectivity index (χ0n) is 12.2. The molecule has 2 nitrogen and oxygen atoms in total. The molecule has 0 radical (unpaired) electrons. The van der Waals surface area contributed by atoms with Crippen LogP contribution in [0.25, 0.3) is 0 Å². The number of hydrogen-bond acceptors (Lipinski definition) is 3. The van der Waals surface area contributed by atoms with Crippen molar-refractivity contribution in [3.63, 3.8) is 0 Å². The Morgan fingerprint density at radius 3 is 2.53 bits per heavy atom. The molecule has 0 bridgehead atoms. The van der Waals surface area contributed by atoms with E-state index in [4.69, 9.17) is 4.74 Å². The van der Waals surface area contributed by atoms with Crippen molar-refractivity contribution < 1.29 is 18.3 Å². The first-order valence-corrected chi connectivity index (χ1v) is 8.20. The van der Waals surface area contributed by atoms with Crippen molar-refractivity contribution in [1.29, 1.82) is 0 Å². The van der Waals surface area contributed by atoms with Crippen LogP contribution in [-0.4, -0.2) is 30.0 Å². The van der Waals surface area contributed by atoms with Crippen molar-refractivity contribution >= 4 is 17.7 Å². The van der Waals surface area contributed by atoms with Crippen molar-refractivity contribution in [2.75, 3.05) is 18.1 Å². The number of halogens is 2. The second-order valence-corrected chi connectivity index (χ2v) is 6.01. The Kier molecular flexibility index (Phi) is 10.3. The van der Waals surface area contributed by atoms with E-state index in [1.807, 2.05) is 6.92 Å². The van der Waals surface area contributed by atoms with Crippen LogP contribution in [0, 0.1) is 5.92 Å². The summed E-state index contributed by atoms with van der Waals surface area (Å²) in [6.45, 7) is 5.69. The minimum Gasteiger partial charge on any atom is -0.465 e. The maximum absolute atomic E-state index is 13.5. The molecule has 0 spiro atoms. The van der Waals surface area contributed by atoms with Gasteiger partial charge in [0.15, 0.2) is 0 Å². The average Bonchev–Trinajstić information content (AvgIpc) is 2.33. The van der Waals surface area contributed by atoms with E-state index < -0.39 is 11.8 Å². The molecule has 0 aliphatic rings. The number of carbonyl (C=O) groups excluding carboxylic acids is 1. The van der Waals surface area contributed by atoms with Crippen LogP contribution in [0.2, 0.25) is 0 Å². The standard InChI is InChI=1S/C14H26F2O2S/c1-4-6-13(17)18-9-11-19-10-7-12(3)14(15,16)8-5-2/h12H,4-11H2,1-3H3. The zero-order chi connectivity index (χ0) is 14.7. The highest BCUT2D eigenvalue weighted by atomic mass is 32.2. The first-order chi connectivity index (χ1) is 8.94. The van der Waals surface area contributed by atoms with Gasteiger partial charge in [-0.1, -0.05) is 27.2 Å². The molecule has 0 N–H and O–H groups in total. The van der Waals surface area contributed by atoms with Gasteiger partial charge in [-0.2, -0.15) is 11.8 Å². The third-order valence-corrected chi connectivity index (χ3v) is 3.92. The largest absolute Gasteiger partial charge is 0.465 e. The molecule has 0 saturated carbocycles. The lowest BCUT2D eigenvalue weighted by molar-refractivity contribution is -0.143. The molecule has 0 aromatic carbocycles. The van der Waals surface area contributed by atoms with E-state index in [9.17, 15) is 13.6 Å². The number of alkyl halides is 2. The number of carbonyl (C=O) groups is 1. The Labute approximate surface area is 119 Å². The molecular formula is C14H26F2O2S. The molecular weight excluding hydrogens is 270 g/mol. The van der Waals surface area contributed by atoms with Gasteiger partial charge in [-0.25, -0.2) is 8.78 Å². The summed E-state index contributed by atoms with van der Waals surface area (Å²) in [5.74, 6) is -1.94. The molecule has 1 unspecified atom stereocenters. The van der Waals surface area contributed by atoms with E-state index >= 15 is 0 Å². The maximum Gasteiger partial charge on any atom is 0.305 e. The van der Waals surface area contributed by atoms with Crippen molar-refractivity contribution in [2.45, 2.75) is 58.8 Å². The summed E-state index contributed by atoms with van der Waals surface area (Å²) in [5.41, 5.74) is 0. The maximum atomic E-state index is 13.5. The fourth-order valence-corrected chi connectivity index (χ4v) is 2.57. The summed E-state index contributed by atoms with van der Waals surface area (Å²) in [6, 6.07) is 0. The van der Waals surface area contributed by atoms with Gasteiger partial charge in [-0.3, -0.25) is 4.79 Å². The minimum absolute atomic E-state index is 0.0343. The van der Waals surface area contributed by atoms with Crippen LogP contribution in [-0.2, 0) is 9.53 Å². The van der Waals surface area contributed by atoms with E-state index in [1.165, 1.54) is 0 Å². The number of hydrogen-bond donors (Lipinski definition) is 0. The molecule has 1 atom stereocenters. The summed E-state index contributed by atoms with van der Waals surface area (Å²) >= 11 is 1.57. The van der Waals surface area contributed by atoms with E-state index in [-0.39, 0.29) is 12.4 Å². The van der Waals surface area contributed by atoms with Gasteiger partial charge in [0, 0.05) is 24.5 Å². The summed E-state index contributed by atoms with van der Waals surface area (Å²) in [7, 11) is 0. The second kappa shape index (κ2) is 10.5. The average molecular weight is 296 g/mol. The highest BCUT2D eigenvalue weighted by Gasteiger charge is 2.34. The molecule has 5 heteroatoms. The van der Waals surface area contributed by atoms with Gasteiger partial charge in [0.2, 0.25) is 0 Å². The topological polar surface area (TPSA) is 26.3 Å². The van der Waals surface area contributed by atoms with Gasteiger partial charge >= 0.3 is 5.97 Å². The first kappa shape index (κ1) is 18.7. The lowest BCUT2D eigenvalue weighted by Gasteiger charge is -2.23. The van der Waals surface area contributed by atoms with Gasteiger partial charge in [0.05, 0.1) is 0 Å². The highest BCUT2D eigenvalue weighted by Crippen LogP contribution is 2.32. The molecule has 0 aromatic rings. The van der Waals surface area contributed by atoms with Crippen LogP contribution in [0.15, 0.2) is 0 Å². The molecule has 19 heavy (non-hydrogen) atoms. The van der Waals surface area contributed by atoms with Gasteiger partial charge in [-0.15, -0.1) is 0 Å². The Balaban J connectivity index is 3.56. The minimum atomic E-state index is -2.55. The van der Waals surface area contributed by atoms with Gasteiger partial charge in [-0.05, 0) is 18.6 Å². The fraction of sp³-hybridized carbons (Fsp3) is 0.929. The van der Waals surface area contributed by atoms with Crippen LogP contribution >= 0.6 is 11.8 Å². The number of thioether (sulfide) groups is 1. The van der Waals surface area contributed by atoms with Gasteiger partial charge in [0.25, 0.3) is 5.92 Å². The molecule has 0 fully saturated rings. The monoisotopic (exact) mass is 296 g/mol. The van der Waals surface area contributed by atoms with Crippen LogP contribution in [0.1, 0.15) is 52.9 Å². The van der Waals surface area contributed by atoms with Gasteiger partial charge in [0.1, 0.15) is 6.61 Å². The molecule has 0 saturated heterocycles. The van der Waals surface area contributed by atoms with Crippen molar-refractivity contribution in [3.05, 3.63) is 0 Å². The third-order valence-electron chi connectivity index (χ3n) is 2.94. The number of rotatable bonds is 11. The van der Waals surface area contributed by atoms with Crippen LogP contribution in [0.3, 0.4) is 0 Å². The molecule has 0 heterocycles. The van der Waals surface area contributed by atoms with Crippen LogP contribution < -0.4 is 0 Å².